The van der Waals surface area contributed by atoms with E-state index in [0.717, 1.165) is 16.7 Å². The van der Waals surface area contributed by atoms with Crippen molar-refractivity contribution >= 4 is 23.2 Å². The minimum absolute atomic E-state index is 0.259. The smallest absolute Gasteiger partial charge is 0.166 e. The summed E-state index contributed by atoms with van der Waals surface area (Å²) >= 11 is 11.9. The van der Waals surface area contributed by atoms with Crippen LogP contribution in [0.1, 0.15) is 16.7 Å². The molecule has 2 aromatic carbocycles. The van der Waals surface area contributed by atoms with Crippen LogP contribution in [0.25, 0.3) is 0 Å². The summed E-state index contributed by atoms with van der Waals surface area (Å²) in [5.74, 6) is 1.08. The van der Waals surface area contributed by atoms with Crippen molar-refractivity contribution in [2.75, 3.05) is 7.11 Å². The van der Waals surface area contributed by atoms with Crippen LogP contribution in [0.5, 0.6) is 11.5 Å². The Labute approximate surface area is 133 Å². The molecule has 0 saturated heterocycles. The summed E-state index contributed by atoms with van der Waals surface area (Å²) in [6.45, 7) is 2.14. The van der Waals surface area contributed by atoms with Gasteiger partial charge in [-0.05, 0) is 36.2 Å². The molecule has 0 aliphatic carbocycles. The zero-order valence-electron chi connectivity index (χ0n) is 11.8. The number of alkyl halides is 1. The van der Waals surface area contributed by atoms with Gasteiger partial charge in [-0.1, -0.05) is 17.7 Å². The molecule has 21 heavy (non-hydrogen) atoms. The van der Waals surface area contributed by atoms with Crippen molar-refractivity contribution in [3.8, 4) is 11.5 Å². The lowest BCUT2D eigenvalue weighted by atomic mass is 10.1. The highest BCUT2D eigenvalue weighted by Crippen LogP contribution is 2.36. The van der Waals surface area contributed by atoms with Crippen LogP contribution >= 0.6 is 23.2 Å². The fraction of sp³-hybridized carbons (Fsp3) is 0.250. The predicted molar refractivity (Wildman–Crippen MR) is 83.0 cm³/mol. The lowest BCUT2D eigenvalue weighted by Gasteiger charge is -2.15. The number of hydrogen-bond donors (Lipinski definition) is 0. The van der Waals surface area contributed by atoms with E-state index in [-0.39, 0.29) is 11.7 Å². The standard InChI is InChI=1S/C16H15Cl2FO2/c1-10-5-14(19)4-3-11(10)9-21-16-12(8-17)6-13(18)7-15(16)20-2/h3-7H,8-9H2,1-2H3. The first-order valence-corrected chi connectivity index (χ1v) is 7.26. The van der Waals surface area contributed by atoms with Crippen LogP contribution < -0.4 is 9.47 Å². The highest BCUT2D eigenvalue weighted by Gasteiger charge is 2.13. The molecule has 0 spiro atoms. The molecule has 2 rings (SSSR count). The number of ether oxygens (including phenoxy) is 2. The highest BCUT2D eigenvalue weighted by molar-refractivity contribution is 6.31. The van der Waals surface area contributed by atoms with Gasteiger partial charge in [0.05, 0.1) is 13.0 Å². The Morgan fingerprint density at radius 2 is 1.90 bits per heavy atom. The number of benzene rings is 2. The minimum Gasteiger partial charge on any atom is -0.493 e. The van der Waals surface area contributed by atoms with Crippen LogP contribution in [0.15, 0.2) is 30.3 Å². The van der Waals surface area contributed by atoms with Crippen LogP contribution in [0.3, 0.4) is 0 Å². The van der Waals surface area contributed by atoms with Gasteiger partial charge in [0.25, 0.3) is 0 Å². The number of halogens is 3. The Kier molecular flexibility index (Phi) is 5.32. The minimum atomic E-state index is -0.262. The average Bonchev–Trinajstić information content (AvgIpc) is 2.46. The van der Waals surface area contributed by atoms with Gasteiger partial charge in [0.2, 0.25) is 0 Å². The molecule has 5 heteroatoms. The summed E-state index contributed by atoms with van der Waals surface area (Å²) < 4.78 is 24.2. The highest BCUT2D eigenvalue weighted by atomic mass is 35.5. The average molecular weight is 329 g/mol. The Balaban J connectivity index is 2.26. The van der Waals surface area contributed by atoms with Crippen LogP contribution in [-0.2, 0) is 12.5 Å². The van der Waals surface area contributed by atoms with Crippen molar-refractivity contribution in [3.63, 3.8) is 0 Å². The summed E-state index contributed by atoms with van der Waals surface area (Å²) in [4.78, 5) is 0. The molecule has 0 N–H and O–H groups in total. The van der Waals surface area contributed by atoms with Crippen molar-refractivity contribution in [1.29, 1.82) is 0 Å². The summed E-state index contributed by atoms with van der Waals surface area (Å²) in [5, 5.41) is 0.535. The van der Waals surface area contributed by atoms with Gasteiger partial charge in [-0.15, -0.1) is 11.6 Å². The molecule has 0 bridgehead atoms. The SMILES string of the molecule is COc1cc(Cl)cc(CCl)c1OCc1ccc(F)cc1C. The number of aryl methyl sites for hydroxylation is 1. The van der Waals surface area contributed by atoms with Crippen molar-refractivity contribution in [1.82, 2.24) is 0 Å². The van der Waals surface area contributed by atoms with Crippen molar-refractivity contribution < 1.29 is 13.9 Å². The van der Waals surface area contributed by atoms with E-state index in [0.29, 0.717) is 23.1 Å². The molecule has 0 fully saturated rings. The van der Waals surface area contributed by atoms with Crippen molar-refractivity contribution in [2.24, 2.45) is 0 Å². The van der Waals surface area contributed by atoms with Crippen molar-refractivity contribution in [2.45, 2.75) is 19.4 Å². The van der Waals surface area contributed by atoms with Crippen LogP contribution in [-0.4, -0.2) is 7.11 Å². The maximum Gasteiger partial charge on any atom is 0.166 e. The van der Waals surface area contributed by atoms with E-state index in [1.807, 2.05) is 6.92 Å². The van der Waals surface area contributed by atoms with Crippen LogP contribution in [0.2, 0.25) is 5.02 Å². The van der Waals surface area contributed by atoms with Crippen molar-refractivity contribution in [3.05, 3.63) is 57.9 Å². The quantitative estimate of drug-likeness (QED) is 0.709. The third kappa shape index (κ3) is 3.80. The fourth-order valence-corrected chi connectivity index (χ4v) is 2.44. The molecule has 0 aliphatic rings. The van der Waals surface area contributed by atoms with E-state index < -0.39 is 0 Å². The molecule has 2 aromatic rings. The molecule has 0 aromatic heterocycles. The normalized spacial score (nSPS) is 10.5. The van der Waals surface area contributed by atoms with Gasteiger partial charge in [0, 0.05) is 16.7 Å². The second-order valence-corrected chi connectivity index (χ2v) is 5.29. The van der Waals surface area contributed by atoms with E-state index in [1.165, 1.54) is 12.1 Å². The largest absolute Gasteiger partial charge is 0.493 e. The van der Waals surface area contributed by atoms with E-state index in [4.69, 9.17) is 32.7 Å². The lowest BCUT2D eigenvalue weighted by Crippen LogP contribution is -2.02. The third-order valence-electron chi connectivity index (χ3n) is 3.14. The van der Waals surface area contributed by atoms with E-state index in [9.17, 15) is 4.39 Å². The van der Waals surface area contributed by atoms with Gasteiger partial charge in [-0.25, -0.2) is 4.39 Å². The Morgan fingerprint density at radius 3 is 2.52 bits per heavy atom. The molecule has 0 saturated carbocycles. The van der Waals surface area contributed by atoms with E-state index in [1.54, 1.807) is 25.3 Å². The van der Waals surface area contributed by atoms with Gasteiger partial charge in [0.15, 0.2) is 11.5 Å². The first-order valence-electron chi connectivity index (χ1n) is 6.35. The molecule has 0 radical (unpaired) electrons. The molecular formula is C16H15Cl2FO2. The van der Waals surface area contributed by atoms with Gasteiger partial charge < -0.3 is 9.47 Å². The molecular weight excluding hydrogens is 314 g/mol. The Hall–Kier alpha value is -1.45. The Bertz CT molecular complexity index is 619. The predicted octanol–water partition coefficient (Wildman–Crippen LogP) is 5.11. The summed E-state index contributed by atoms with van der Waals surface area (Å²) in [5.41, 5.74) is 2.48. The second-order valence-electron chi connectivity index (χ2n) is 4.59. The van der Waals surface area contributed by atoms with E-state index >= 15 is 0 Å². The number of hydrogen-bond acceptors (Lipinski definition) is 2. The summed E-state index contributed by atoms with van der Waals surface area (Å²) in [6, 6.07) is 8.00. The summed E-state index contributed by atoms with van der Waals surface area (Å²) in [7, 11) is 1.54. The van der Waals surface area contributed by atoms with Crippen LogP contribution in [0.4, 0.5) is 4.39 Å². The third-order valence-corrected chi connectivity index (χ3v) is 3.64. The molecule has 0 heterocycles. The van der Waals surface area contributed by atoms with Gasteiger partial charge >= 0.3 is 0 Å². The van der Waals surface area contributed by atoms with E-state index in [2.05, 4.69) is 0 Å². The maximum absolute atomic E-state index is 13.1. The zero-order chi connectivity index (χ0) is 15.4. The monoisotopic (exact) mass is 328 g/mol. The van der Waals surface area contributed by atoms with Gasteiger partial charge in [0.1, 0.15) is 12.4 Å². The first-order chi connectivity index (χ1) is 10.0. The topological polar surface area (TPSA) is 18.5 Å². The molecule has 0 aliphatic heterocycles. The molecule has 112 valence electrons. The molecule has 0 atom stereocenters. The molecule has 0 amide bonds. The Morgan fingerprint density at radius 1 is 1.14 bits per heavy atom. The molecule has 2 nitrogen and oxygen atoms in total. The molecule has 0 unspecified atom stereocenters. The maximum atomic E-state index is 13.1. The number of methoxy groups -OCH3 is 1. The zero-order valence-corrected chi connectivity index (χ0v) is 13.3. The lowest BCUT2D eigenvalue weighted by molar-refractivity contribution is 0.281. The van der Waals surface area contributed by atoms with Gasteiger partial charge in [-0.2, -0.15) is 0 Å². The van der Waals surface area contributed by atoms with Crippen LogP contribution in [0, 0.1) is 12.7 Å². The first kappa shape index (κ1) is 15.9. The number of rotatable bonds is 5. The van der Waals surface area contributed by atoms with Gasteiger partial charge in [-0.3, -0.25) is 0 Å². The fourth-order valence-electron chi connectivity index (χ4n) is 2.01. The second kappa shape index (κ2) is 7.01. The summed E-state index contributed by atoms with van der Waals surface area (Å²) in [6.07, 6.45) is 0.